The van der Waals surface area contributed by atoms with Crippen LogP contribution in [0.1, 0.15) is 55.4 Å². The summed E-state index contributed by atoms with van der Waals surface area (Å²) in [5, 5.41) is 0. The fourth-order valence-corrected chi connectivity index (χ4v) is 3.64. The van der Waals surface area contributed by atoms with E-state index in [-0.39, 0.29) is 5.91 Å². The molecule has 2 fully saturated rings. The summed E-state index contributed by atoms with van der Waals surface area (Å²) in [6.45, 7) is 1.82. The lowest BCUT2D eigenvalue weighted by molar-refractivity contribution is 0.0467. The minimum absolute atomic E-state index is 0.103. The van der Waals surface area contributed by atoms with Crippen LogP contribution < -0.4 is 0 Å². The summed E-state index contributed by atoms with van der Waals surface area (Å²) in [4.78, 5) is 18.5. The number of amides is 1. The maximum atomic E-state index is 12.3. The molecule has 0 atom stereocenters. The van der Waals surface area contributed by atoms with Crippen LogP contribution in [0.25, 0.3) is 0 Å². The molecule has 19 heavy (non-hydrogen) atoms. The zero-order valence-corrected chi connectivity index (χ0v) is 11.5. The number of pyridine rings is 1. The first-order chi connectivity index (χ1) is 9.29. The Labute approximate surface area is 115 Å². The van der Waals surface area contributed by atoms with Gasteiger partial charge in [-0.05, 0) is 43.2 Å². The van der Waals surface area contributed by atoms with E-state index in [4.69, 9.17) is 0 Å². The molecule has 1 saturated heterocycles. The van der Waals surface area contributed by atoms with Gasteiger partial charge in [-0.15, -0.1) is 0 Å². The van der Waals surface area contributed by atoms with Crippen LogP contribution >= 0.6 is 0 Å². The molecule has 0 unspecified atom stereocenters. The van der Waals surface area contributed by atoms with Crippen molar-refractivity contribution in [3.63, 3.8) is 0 Å². The highest BCUT2D eigenvalue weighted by Crippen LogP contribution is 2.44. The van der Waals surface area contributed by atoms with E-state index in [2.05, 4.69) is 4.98 Å². The Bertz CT molecular complexity index is 427. The topological polar surface area (TPSA) is 33.2 Å². The van der Waals surface area contributed by atoms with E-state index < -0.39 is 0 Å². The lowest BCUT2D eigenvalue weighted by atomic mass is 9.68. The molecular formula is C16H22N2O. The van der Waals surface area contributed by atoms with E-state index in [1.54, 1.807) is 6.20 Å². The van der Waals surface area contributed by atoms with Crippen molar-refractivity contribution in [3.05, 3.63) is 30.1 Å². The molecule has 2 aliphatic rings. The number of rotatable bonds is 1. The van der Waals surface area contributed by atoms with Gasteiger partial charge in [0.25, 0.3) is 5.91 Å². The molecular weight excluding hydrogens is 236 g/mol. The Morgan fingerprint density at radius 1 is 1.05 bits per heavy atom. The zero-order valence-electron chi connectivity index (χ0n) is 11.5. The number of hydrogen-bond acceptors (Lipinski definition) is 2. The first-order valence-electron chi connectivity index (χ1n) is 7.49. The molecule has 0 radical (unpaired) electrons. The number of likely N-dealkylation sites (tertiary alicyclic amines) is 1. The van der Waals surface area contributed by atoms with Crippen LogP contribution in [0, 0.1) is 5.41 Å². The van der Waals surface area contributed by atoms with E-state index in [1.165, 1.54) is 44.9 Å². The molecule has 3 rings (SSSR count). The third kappa shape index (κ3) is 2.65. The second kappa shape index (κ2) is 5.32. The smallest absolute Gasteiger partial charge is 0.272 e. The van der Waals surface area contributed by atoms with Gasteiger partial charge in [-0.25, -0.2) is 0 Å². The predicted molar refractivity (Wildman–Crippen MR) is 74.9 cm³/mol. The SMILES string of the molecule is O=C(c1ccccn1)N1CCC2(CCCCC2)CC1. The monoisotopic (exact) mass is 258 g/mol. The average molecular weight is 258 g/mol. The number of nitrogens with zero attached hydrogens (tertiary/aromatic N) is 2. The van der Waals surface area contributed by atoms with E-state index in [9.17, 15) is 4.79 Å². The fraction of sp³-hybridized carbons (Fsp3) is 0.625. The van der Waals surface area contributed by atoms with E-state index >= 15 is 0 Å². The minimum Gasteiger partial charge on any atom is -0.337 e. The largest absolute Gasteiger partial charge is 0.337 e. The Morgan fingerprint density at radius 2 is 1.79 bits per heavy atom. The van der Waals surface area contributed by atoms with Crippen LogP contribution in [0.5, 0.6) is 0 Å². The second-order valence-corrected chi connectivity index (χ2v) is 6.07. The molecule has 3 nitrogen and oxygen atoms in total. The summed E-state index contributed by atoms with van der Waals surface area (Å²) in [6, 6.07) is 5.55. The molecule has 0 N–H and O–H groups in total. The number of aromatic nitrogens is 1. The minimum atomic E-state index is 0.103. The van der Waals surface area contributed by atoms with Crippen molar-refractivity contribution in [2.45, 2.75) is 44.9 Å². The quantitative estimate of drug-likeness (QED) is 0.774. The van der Waals surface area contributed by atoms with Gasteiger partial charge in [0.15, 0.2) is 0 Å². The van der Waals surface area contributed by atoms with Crippen LogP contribution in [0.4, 0.5) is 0 Å². The summed E-state index contributed by atoms with van der Waals surface area (Å²) in [5.74, 6) is 0.103. The van der Waals surface area contributed by atoms with Crippen molar-refractivity contribution in [1.82, 2.24) is 9.88 Å². The number of piperidine rings is 1. The highest BCUT2D eigenvalue weighted by Gasteiger charge is 2.36. The highest BCUT2D eigenvalue weighted by atomic mass is 16.2. The molecule has 1 saturated carbocycles. The maximum absolute atomic E-state index is 12.3. The Balaban J connectivity index is 1.62. The van der Waals surface area contributed by atoms with Gasteiger partial charge >= 0.3 is 0 Å². The lowest BCUT2D eigenvalue weighted by Crippen LogP contribution is -2.44. The fourth-order valence-electron chi connectivity index (χ4n) is 3.64. The van der Waals surface area contributed by atoms with Crippen LogP contribution in [-0.4, -0.2) is 28.9 Å². The second-order valence-electron chi connectivity index (χ2n) is 6.07. The first kappa shape index (κ1) is 12.6. The summed E-state index contributed by atoms with van der Waals surface area (Å²) in [7, 11) is 0. The molecule has 1 aromatic heterocycles. The van der Waals surface area contributed by atoms with Crippen molar-refractivity contribution in [3.8, 4) is 0 Å². The van der Waals surface area contributed by atoms with Crippen LogP contribution in [0.3, 0.4) is 0 Å². The van der Waals surface area contributed by atoms with Gasteiger partial charge in [0.1, 0.15) is 5.69 Å². The van der Waals surface area contributed by atoms with Gasteiger partial charge in [0, 0.05) is 19.3 Å². The van der Waals surface area contributed by atoms with Gasteiger partial charge in [-0.1, -0.05) is 25.3 Å². The molecule has 1 aromatic rings. The molecule has 0 bridgehead atoms. The van der Waals surface area contributed by atoms with Crippen molar-refractivity contribution in [1.29, 1.82) is 0 Å². The van der Waals surface area contributed by atoms with Gasteiger partial charge in [0.05, 0.1) is 0 Å². The van der Waals surface area contributed by atoms with Gasteiger partial charge in [-0.2, -0.15) is 0 Å². The molecule has 1 spiro atoms. The highest BCUT2D eigenvalue weighted by molar-refractivity contribution is 5.92. The number of carbonyl (C=O) groups is 1. The van der Waals surface area contributed by atoms with Gasteiger partial charge in [0.2, 0.25) is 0 Å². The maximum Gasteiger partial charge on any atom is 0.272 e. The van der Waals surface area contributed by atoms with E-state index in [1.807, 2.05) is 23.1 Å². The van der Waals surface area contributed by atoms with Crippen molar-refractivity contribution in [2.75, 3.05) is 13.1 Å². The van der Waals surface area contributed by atoms with Gasteiger partial charge < -0.3 is 4.90 Å². The lowest BCUT2D eigenvalue weighted by Gasteiger charge is -2.44. The first-order valence-corrected chi connectivity index (χ1v) is 7.49. The normalized spacial score (nSPS) is 22.4. The summed E-state index contributed by atoms with van der Waals surface area (Å²) in [5.41, 5.74) is 1.14. The van der Waals surface area contributed by atoms with Crippen molar-refractivity contribution >= 4 is 5.91 Å². The number of hydrogen-bond donors (Lipinski definition) is 0. The zero-order chi connectivity index (χ0) is 13.1. The standard InChI is InChI=1S/C16H22N2O/c19-15(14-6-2-5-11-17-14)18-12-9-16(10-13-18)7-3-1-4-8-16/h2,5-6,11H,1,3-4,7-10,12-13H2. The van der Waals surface area contributed by atoms with Crippen LogP contribution in [0.15, 0.2) is 24.4 Å². The Hall–Kier alpha value is -1.38. The average Bonchev–Trinajstić information content (AvgIpc) is 2.49. The Morgan fingerprint density at radius 3 is 2.42 bits per heavy atom. The summed E-state index contributed by atoms with van der Waals surface area (Å²) >= 11 is 0. The molecule has 1 aliphatic carbocycles. The third-order valence-electron chi connectivity index (χ3n) is 4.91. The van der Waals surface area contributed by atoms with E-state index in [0.717, 1.165) is 13.1 Å². The van der Waals surface area contributed by atoms with Gasteiger partial charge in [-0.3, -0.25) is 9.78 Å². The van der Waals surface area contributed by atoms with Crippen molar-refractivity contribution in [2.24, 2.45) is 5.41 Å². The number of carbonyl (C=O) groups excluding carboxylic acids is 1. The van der Waals surface area contributed by atoms with Crippen molar-refractivity contribution < 1.29 is 4.79 Å². The predicted octanol–water partition coefficient (Wildman–Crippen LogP) is 3.27. The van der Waals surface area contributed by atoms with Crippen LogP contribution in [-0.2, 0) is 0 Å². The molecule has 1 amide bonds. The molecule has 3 heteroatoms. The van der Waals surface area contributed by atoms with Crippen LogP contribution in [0.2, 0.25) is 0 Å². The third-order valence-corrected chi connectivity index (χ3v) is 4.91. The summed E-state index contributed by atoms with van der Waals surface area (Å²) in [6.07, 6.45) is 11.0. The molecule has 0 aromatic carbocycles. The van der Waals surface area contributed by atoms with E-state index in [0.29, 0.717) is 11.1 Å². The molecule has 2 heterocycles. The Kier molecular flexibility index (Phi) is 3.54. The summed E-state index contributed by atoms with van der Waals surface area (Å²) < 4.78 is 0. The molecule has 1 aliphatic heterocycles. The molecule has 102 valence electrons.